The Morgan fingerprint density at radius 3 is 2.86 bits per heavy atom. The standard InChI is InChI=1S/C11H16O3/c1-7(12)6-9-8-4-2-3-5-10(8)14-11(9)13/h8-10H,2-6H2,1H3/t8-,9+,10-/m0/s1. The Labute approximate surface area is 83.8 Å². The fourth-order valence-corrected chi connectivity index (χ4v) is 2.69. The van der Waals surface area contributed by atoms with Gasteiger partial charge in [0.1, 0.15) is 11.9 Å². The Morgan fingerprint density at radius 2 is 2.14 bits per heavy atom. The van der Waals surface area contributed by atoms with E-state index in [1.54, 1.807) is 6.92 Å². The van der Waals surface area contributed by atoms with Gasteiger partial charge in [0, 0.05) is 12.3 Å². The minimum absolute atomic E-state index is 0.0955. The van der Waals surface area contributed by atoms with Crippen LogP contribution in [0.2, 0.25) is 0 Å². The number of carbonyl (C=O) groups excluding carboxylic acids is 2. The number of Topliss-reactive ketones (excluding diaryl/α,β-unsaturated/α-hetero) is 1. The van der Waals surface area contributed by atoms with Crippen molar-refractivity contribution in [2.45, 2.75) is 45.1 Å². The molecule has 0 spiro atoms. The van der Waals surface area contributed by atoms with Crippen molar-refractivity contribution >= 4 is 11.8 Å². The van der Waals surface area contributed by atoms with E-state index in [9.17, 15) is 9.59 Å². The summed E-state index contributed by atoms with van der Waals surface area (Å²) < 4.78 is 5.29. The van der Waals surface area contributed by atoms with Crippen LogP contribution in [0.3, 0.4) is 0 Å². The summed E-state index contributed by atoms with van der Waals surface area (Å²) in [6.45, 7) is 1.55. The first-order valence-electron chi connectivity index (χ1n) is 5.38. The number of ether oxygens (including phenoxy) is 1. The summed E-state index contributed by atoms with van der Waals surface area (Å²) in [4.78, 5) is 22.5. The molecule has 0 radical (unpaired) electrons. The maximum absolute atomic E-state index is 11.5. The molecule has 3 nitrogen and oxygen atoms in total. The highest BCUT2D eigenvalue weighted by molar-refractivity contribution is 5.84. The molecule has 1 aliphatic heterocycles. The monoisotopic (exact) mass is 196 g/mol. The van der Waals surface area contributed by atoms with Gasteiger partial charge in [0.25, 0.3) is 0 Å². The number of hydrogen-bond donors (Lipinski definition) is 0. The van der Waals surface area contributed by atoms with Crippen LogP contribution in [0.5, 0.6) is 0 Å². The smallest absolute Gasteiger partial charge is 0.310 e. The molecule has 1 heterocycles. The van der Waals surface area contributed by atoms with Crippen LogP contribution in [-0.2, 0) is 14.3 Å². The van der Waals surface area contributed by atoms with E-state index in [0.717, 1.165) is 19.3 Å². The van der Waals surface area contributed by atoms with E-state index in [0.29, 0.717) is 12.3 Å². The van der Waals surface area contributed by atoms with Gasteiger partial charge in [-0.05, 0) is 26.2 Å². The molecule has 2 rings (SSSR count). The molecule has 1 saturated heterocycles. The van der Waals surface area contributed by atoms with Gasteiger partial charge >= 0.3 is 5.97 Å². The van der Waals surface area contributed by atoms with Crippen LogP contribution in [0.25, 0.3) is 0 Å². The number of hydrogen-bond acceptors (Lipinski definition) is 3. The second-order valence-corrected chi connectivity index (χ2v) is 4.44. The third-order valence-corrected chi connectivity index (χ3v) is 3.35. The van der Waals surface area contributed by atoms with E-state index in [4.69, 9.17) is 4.74 Å². The molecule has 0 unspecified atom stereocenters. The van der Waals surface area contributed by atoms with Gasteiger partial charge in [0.2, 0.25) is 0 Å². The van der Waals surface area contributed by atoms with Crippen LogP contribution in [0.15, 0.2) is 0 Å². The third kappa shape index (κ3) is 1.68. The normalized spacial score (nSPS) is 36.4. The Balaban J connectivity index is 2.07. The van der Waals surface area contributed by atoms with Crippen LogP contribution in [0.1, 0.15) is 39.0 Å². The zero-order valence-corrected chi connectivity index (χ0v) is 8.49. The van der Waals surface area contributed by atoms with Crippen LogP contribution < -0.4 is 0 Å². The van der Waals surface area contributed by atoms with Crippen molar-refractivity contribution in [2.24, 2.45) is 11.8 Å². The lowest BCUT2D eigenvalue weighted by atomic mass is 9.78. The van der Waals surface area contributed by atoms with E-state index >= 15 is 0 Å². The largest absolute Gasteiger partial charge is 0.462 e. The second kappa shape index (κ2) is 3.71. The molecule has 0 aromatic heterocycles. The highest BCUT2D eigenvalue weighted by Crippen LogP contribution is 2.40. The number of rotatable bonds is 2. The first-order chi connectivity index (χ1) is 6.68. The van der Waals surface area contributed by atoms with E-state index in [1.807, 2.05) is 0 Å². The summed E-state index contributed by atoms with van der Waals surface area (Å²) in [6.07, 6.45) is 4.85. The van der Waals surface area contributed by atoms with Crippen molar-refractivity contribution < 1.29 is 14.3 Å². The molecule has 0 bridgehead atoms. The Morgan fingerprint density at radius 1 is 1.43 bits per heavy atom. The van der Waals surface area contributed by atoms with Crippen molar-refractivity contribution in [3.63, 3.8) is 0 Å². The summed E-state index contributed by atoms with van der Waals surface area (Å²) in [5.41, 5.74) is 0. The second-order valence-electron chi connectivity index (χ2n) is 4.44. The number of carbonyl (C=O) groups is 2. The molecule has 0 amide bonds. The topological polar surface area (TPSA) is 43.4 Å². The van der Waals surface area contributed by atoms with Crippen molar-refractivity contribution in [2.75, 3.05) is 0 Å². The maximum Gasteiger partial charge on any atom is 0.310 e. The molecule has 1 aliphatic carbocycles. The molecule has 14 heavy (non-hydrogen) atoms. The molecule has 2 fully saturated rings. The quantitative estimate of drug-likeness (QED) is 0.631. The summed E-state index contributed by atoms with van der Waals surface area (Å²) in [5, 5.41) is 0. The number of ketones is 1. The van der Waals surface area contributed by atoms with E-state index < -0.39 is 0 Å². The van der Waals surface area contributed by atoms with E-state index in [-0.39, 0.29) is 23.8 Å². The van der Waals surface area contributed by atoms with Gasteiger partial charge in [0.15, 0.2) is 0 Å². The fourth-order valence-electron chi connectivity index (χ4n) is 2.69. The third-order valence-electron chi connectivity index (χ3n) is 3.35. The van der Waals surface area contributed by atoms with E-state index in [2.05, 4.69) is 0 Å². The van der Waals surface area contributed by atoms with Gasteiger partial charge in [0.05, 0.1) is 5.92 Å². The predicted octanol–water partition coefficient (Wildman–Crippen LogP) is 1.70. The van der Waals surface area contributed by atoms with Crippen molar-refractivity contribution in [1.29, 1.82) is 0 Å². The first kappa shape index (κ1) is 9.69. The fraction of sp³-hybridized carbons (Fsp3) is 0.818. The summed E-state index contributed by atoms with van der Waals surface area (Å²) in [7, 11) is 0. The Kier molecular flexibility index (Phi) is 2.57. The van der Waals surface area contributed by atoms with Crippen LogP contribution in [0, 0.1) is 11.8 Å². The maximum atomic E-state index is 11.5. The molecule has 1 saturated carbocycles. The molecule has 0 N–H and O–H groups in total. The Bertz CT molecular complexity index is 259. The minimum atomic E-state index is -0.142. The summed E-state index contributed by atoms with van der Waals surface area (Å²) in [6, 6.07) is 0. The summed E-state index contributed by atoms with van der Waals surface area (Å²) in [5.74, 6) is 0.133. The van der Waals surface area contributed by atoms with Gasteiger partial charge in [-0.25, -0.2) is 0 Å². The SMILES string of the molecule is CC(=O)C[C@H]1C(=O)O[C@H]2CCCC[C@H]21. The predicted molar refractivity (Wildman–Crippen MR) is 50.6 cm³/mol. The molecule has 3 heteroatoms. The number of esters is 1. The molecular formula is C11H16O3. The number of fused-ring (bicyclic) bond motifs is 1. The molecule has 0 aromatic carbocycles. The lowest BCUT2D eigenvalue weighted by Gasteiger charge is -2.24. The Hall–Kier alpha value is -0.860. The van der Waals surface area contributed by atoms with Crippen molar-refractivity contribution in [3.05, 3.63) is 0 Å². The van der Waals surface area contributed by atoms with Crippen molar-refractivity contribution in [1.82, 2.24) is 0 Å². The minimum Gasteiger partial charge on any atom is -0.462 e. The molecule has 2 aliphatic rings. The van der Waals surface area contributed by atoms with Gasteiger partial charge in [-0.3, -0.25) is 4.79 Å². The lowest BCUT2D eigenvalue weighted by Crippen LogP contribution is -2.25. The molecule has 78 valence electrons. The zero-order valence-electron chi connectivity index (χ0n) is 8.49. The average Bonchev–Trinajstić information content (AvgIpc) is 2.43. The van der Waals surface area contributed by atoms with Gasteiger partial charge in [-0.15, -0.1) is 0 Å². The van der Waals surface area contributed by atoms with Gasteiger partial charge in [-0.2, -0.15) is 0 Å². The average molecular weight is 196 g/mol. The van der Waals surface area contributed by atoms with Crippen LogP contribution >= 0.6 is 0 Å². The summed E-state index contributed by atoms with van der Waals surface area (Å²) >= 11 is 0. The van der Waals surface area contributed by atoms with E-state index in [1.165, 1.54) is 6.42 Å². The molecule has 3 atom stereocenters. The van der Waals surface area contributed by atoms with Crippen molar-refractivity contribution in [3.8, 4) is 0 Å². The molecular weight excluding hydrogens is 180 g/mol. The first-order valence-corrected chi connectivity index (χ1v) is 5.38. The highest BCUT2D eigenvalue weighted by atomic mass is 16.6. The zero-order chi connectivity index (χ0) is 10.1. The molecule has 0 aromatic rings. The van der Waals surface area contributed by atoms with Crippen LogP contribution in [-0.4, -0.2) is 17.9 Å². The van der Waals surface area contributed by atoms with Crippen LogP contribution in [0.4, 0.5) is 0 Å². The van der Waals surface area contributed by atoms with Gasteiger partial charge < -0.3 is 9.53 Å². The van der Waals surface area contributed by atoms with Gasteiger partial charge in [-0.1, -0.05) is 6.42 Å². The highest BCUT2D eigenvalue weighted by Gasteiger charge is 2.45. The lowest BCUT2D eigenvalue weighted by molar-refractivity contribution is -0.145.